The lowest BCUT2D eigenvalue weighted by molar-refractivity contribution is -0.146. The zero-order valence-corrected chi connectivity index (χ0v) is 55.9. The molecule has 101 heavy (non-hydrogen) atoms. The zero-order valence-electron chi connectivity index (χ0n) is 55.1. The van der Waals surface area contributed by atoms with E-state index in [2.05, 4.69) is 37.2 Å². The van der Waals surface area contributed by atoms with Gasteiger partial charge >= 0.3 is 23.9 Å². The van der Waals surface area contributed by atoms with Gasteiger partial charge in [0.25, 0.3) is 5.91 Å². The average Bonchev–Trinajstić information content (AvgIpc) is 1.14. The number of anilines is 1. The average molecular weight is 1430 g/mol. The molecule has 7 rings (SSSR count). The molecule has 3 fully saturated rings. The number of carbonyl (C=O) groups excluding carboxylic acids is 10. The Kier molecular flexibility index (Phi) is 27.0. The molecule has 2 aromatic carbocycles. The van der Waals surface area contributed by atoms with Gasteiger partial charge in [0.1, 0.15) is 72.0 Å². The van der Waals surface area contributed by atoms with Gasteiger partial charge in [-0.1, -0.05) is 0 Å². The van der Waals surface area contributed by atoms with Crippen LogP contribution in [0.5, 0.6) is 5.75 Å². The predicted molar refractivity (Wildman–Crippen MR) is 358 cm³/mol. The van der Waals surface area contributed by atoms with Crippen molar-refractivity contribution in [3.63, 3.8) is 0 Å². The SMILES string of the molecule is C[C@@H](NC(=O)[C@H](NC(=O)[C@H]1CCCN1C(=O)[C@@H](CCC(=O)O)NC(=O)[C@H]1CCCN1C(=O)CCCCNC(=S)Nc1ccc(C(=O)O)c(-c2c3ccc(=O)cc-3oc3cc(O)ccc23)c1)[C@@H](C)O)C(=O)N(N)CC(=O)N1CCC[C@@H]1C(=O)N[C@H](CCC(=O)O)C(=O)N[C@H](CCC(=O)O)C(N)=O. The molecule has 0 radical (unpaired) electrons. The van der Waals surface area contributed by atoms with Crippen LogP contribution >= 0.6 is 12.2 Å². The molecule has 2 aromatic rings. The first-order valence-corrected chi connectivity index (χ1v) is 33.0. The summed E-state index contributed by atoms with van der Waals surface area (Å²) >= 11 is 5.56. The highest BCUT2D eigenvalue weighted by Gasteiger charge is 2.43. The van der Waals surface area contributed by atoms with E-state index in [1.54, 1.807) is 12.1 Å². The molecule has 3 saturated heterocycles. The number of aliphatic carboxylic acids is 3. The number of aromatic hydroxyl groups is 1. The van der Waals surface area contributed by atoms with Crippen LogP contribution in [0.4, 0.5) is 5.69 Å². The third-order valence-corrected chi connectivity index (χ3v) is 17.6. The van der Waals surface area contributed by atoms with Crippen molar-refractivity contribution >= 4 is 117 Å². The van der Waals surface area contributed by atoms with Gasteiger partial charge in [0.2, 0.25) is 53.2 Å². The molecule has 0 bridgehead atoms. The molecule has 1 aliphatic carbocycles. The van der Waals surface area contributed by atoms with E-state index in [0.717, 1.165) is 16.7 Å². The summed E-state index contributed by atoms with van der Waals surface area (Å²) in [7, 11) is 0. The maximum absolute atomic E-state index is 14.4. The summed E-state index contributed by atoms with van der Waals surface area (Å²) in [6.45, 7) is 1.86. The Labute approximate surface area is 581 Å². The van der Waals surface area contributed by atoms with E-state index in [-0.39, 0.29) is 109 Å². The molecule has 5 aliphatic rings. The van der Waals surface area contributed by atoms with Gasteiger partial charge in [0.05, 0.1) is 11.7 Å². The van der Waals surface area contributed by atoms with Gasteiger partial charge in [-0.3, -0.25) is 72.1 Å². The number of amides is 10. The topological polar surface area (TPSA) is 540 Å². The fourth-order valence-electron chi connectivity index (χ4n) is 12.3. The standard InChI is InChI=1S/C65H81N13O22S/c1-32(62(96)78(67)31-50(83)76-26-6-9-45(76)58(92)72-42(19-22-52(86)87)57(91)71-41(56(66)90)18-21-51(84)85)69-61(95)55(33(2)79)74-60(94)46-10-7-27-77(46)63(97)43(20-23-53(88)89)73-59(93)44-8-5-25-75(44)49(82)11-3-4-24-68-65(101)70-34-12-15-37(64(98)99)40(28-34)54-38-16-13-35(80)29-47(38)100-48-30-36(81)14-17-39(48)54/h12-17,28-30,32-33,41-46,55,79-80H,3-11,18-27,31,67H2,1-2H3,(H2,66,90)(H,69,95)(H,71,91)(H,72,92)(H,73,93)(H,74,94)(H,84,85)(H,86,87)(H,88,89)(H,98,99)(H2,68,70,101)/t32-,33-,41-,42-,43-,44-,45-,46-,55-/m1/s1. The Balaban J connectivity index is 0.893. The number of primary amides is 1. The van der Waals surface area contributed by atoms with E-state index >= 15 is 0 Å². The number of benzene rings is 3. The highest BCUT2D eigenvalue weighted by Crippen LogP contribution is 2.43. The Morgan fingerprint density at radius 2 is 1.20 bits per heavy atom. The van der Waals surface area contributed by atoms with Crippen molar-refractivity contribution in [3.8, 4) is 28.2 Å². The summed E-state index contributed by atoms with van der Waals surface area (Å²) in [5.41, 5.74) is 6.63. The summed E-state index contributed by atoms with van der Waals surface area (Å²) in [6, 6.07) is 1.44. The summed E-state index contributed by atoms with van der Waals surface area (Å²) in [4.78, 5) is 199. The van der Waals surface area contributed by atoms with Crippen LogP contribution in [0.25, 0.3) is 33.4 Å². The maximum atomic E-state index is 14.4. The van der Waals surface area contributed by atoms with Gasteiger partial charge in [-0.2, -0.15) is 0 Å². The molecule has 0 unspecified atom stereocenters. The number of carboxylic acid groups (broad SMARTS) is 4. The van der Waals surface area contributed by atoms with Gasteiger partial charge in [0.15, 0.2) is 10.5 Å². The Hall–Kier alpha value is -10.9. The van der Waals surface area contributed by atoms with Crippen molar-refractivity contribution in [3.05, 3.63) is 70.4 Å². The van der Waals surface area contributed by atoms with E-state index in [4.69, 9.17) is 33.3 Å². The fourth-order valence-corrected chi connectivity index (χ4v) is 12.5. The highest BCUT2D eigenvalue weighted by atomic mass is 32.1. The largest absolute Gasteiger partial charge is 0.508 e. The number of carboxylic acids is 4. The van der Waals surface area contributed by atoms with Gasteiger partial charge in [-0.15, -0.1) is 0 Å². The van der Waals surface area contributed by atoms with Crippen molar-refractivity contribution in [2.45, 2.75) is 165 Å². The number of aromatic carboxylic acids is 1. The first kappa shape index (κ1) is 77.5. The number of hydrogen-bond donors (Lipinski definition) is 15. The normalized spacial score (nSPS) is 17.5. The number of nitrogens with zero attached hydrogens (tertiary/aromatic N) is 4. The van der Waals surface area contributed by atoms with Crippen molar-refractivity contribution in [1.29, 1.82) is 0 Å². The van der Waals surface area contributed by atoms with Gasteiger partial charge in [-0.05, 0) is 145 Å². The Bertz CT molecular complexity index is 3900. The molecular weight excluding hydrogens is 1350 g/mol. The summed E-state index contributed by atoms with van der Waals surface area (Å²) < 4.78 is 5.93. The lowest BCUT2D eigenvalue weighted by atomic mass is 9.90. The number of thiocarbonyl (C=S) groups is 1. The second-order valence-corrected chi connectivity index (χ2v) is 25.1. The molecule has 544 valence electrons. The molecule has 0 spiro atoms. The number of phenolic OH excluding ortho intramolecular Hbond substituents is 1. The molecule has 35 nitrogen and oxygen atoms in total. The van der Waals surface area contributed by atoms with Gasteiger partial charge in [0, 0.05) is 86.2 Å². The number of carbonyl (C=O) groups is 14. The third-order valence-electron chi connectivity index (χ3n) is 17.4. The van der Waals surface area contributed by atoms with E-state index < -0.39 is 177 Å². The number of aliphatic hydroxyl groups excluding tert-OH is 1. The summed E-state index contributed by atoms with van der Waals surface area (Å²) in [5, 5.41) is 78.3. The van der Waals surface area contributed by atoms with Crippen molar-refractivity contribution in [1.82, 2.24) is 51.6 Å². The van der Waals surface area contributed by atoms with Crippen LogP contribution in [-0.4, -0.2) is 226 Å². The number of rotatable bonds is 33. The molecule has 10 amide bonds. The van der Waals surface area contributed by atoms with E-state index in [1.165, 1.54) is 54.3 Å². The molecule has 9 atom stereocenters. The number of unbranched alkanes of at least 4 members (excludes halogenated alkanes) is 1. The number of fused-ring (bicyclic) bond motifs is 2. The first-order chi connectivity index (χ1) is 47.8. The van der Waals surface area contributed by atoms with Crippen LogP contribution < -0.4 is 54.2 Å². The highest BCUT2D eigenvalue weighted by molar-refractivity contribution is 7.80. The minimum Gasteiger partial charge on any atom is -0.508 e. The molecule has 0 aromatic heterocycles. The Morgan fingerprint density at radius 3 is 1.79 bits per heavy atom. The molecule has 4 heterocycles. The monoisotopic (exact) mass is 1430 g/mol. The minimum atomic E-state index is -1.77. The zero-order chi connectivity index (χ0) is 74.1. The van der Waals surface area contributed by atoms with Crippen LogP contribution in [0.3, 0.4) is 0 Å². The second kappa shape index (κ2) is 35.2. The number of phenols is 1. The third kappa shape index (κ3) is 20.6. The molecule has 0 saturated carbocycles. The first-order valence-electron chi connectivity index (χ1n) is 32.6. The summed E-state index contributed by atoms with van der Waals surface area (Å²) in [6.07, 6.45) is -2.79. The maximum Gasteiger partial charge on any atom is 0.336 e. The van der Waals surface area contributed by atoms with Crippen LogP contribution in [0.1, 0.15) is 121 Å². The second-order valence-electron chi connectivity index (χ2n) is 24.7. The molecular formula is C65H81N13O22S. The number of hydrogen-bond acceptors (Lipinski definition) is 20. The van der Waals surface area contributed by atoms with Crippen LogP contribution in [-0.2, 0) is 62.3 Å². The van der Waals surface area contributed by atoms with Gasteiger partial charge < -0.3 is 92.7 Å². The molecule has 36 heteroatoms. The number of nitrogens with one attached hydrogen (secondary N) is 7. The van der Waals surface area contributed by atoms with Crippen LogP contribution in [0.2, 0.25) is 0 Å². The van der Waals surface area contributed by atoms with Crippen molar-refractivity contribution in [2.24, 2.45) is 11.6 Å². The minimum absolute atomic E-state index is 0.00500. The Morgan fingerprint density at radius 1 is 0.634 bits per heavy atom. The number of nitrogens with two attached hydrogens (primary N) is 2. The van der Waals surface area contributed by atoms with Crippen LogP contribution in [0, 0.1) is 0 Å². The van der Waals surface area contributed by atoms with Crippen molar-refractivity contribution in [2.75, 3.05) is 38.0 Å². The lowest BCUT2D eigenvalue weighted by Crippen LogP contribution is -2.61. The molecule has 4 aliphatic heterocycles. The number of hydrazine groups is 1. The molecule has 17 N–H and O–H groups in total. The van der Waals surface area contributed by atoms with E-state index in [0.29, 0.717) is 46.5 Å². The smallest absolute Gasteiger partial charge is 0.336 e. The fraction of sp³-hybridized carbons (Fsp3) is 0.477. The van der Waals surface area contributed by atoms with Crippen LogP contribution in [0.15, 0.2) is 63.8 Å². The van der Waals surface area contributed by atoms with E-state index in [9.17, 15) is 97.5 Å². The quantitative estimate of drug-likeness (QED) is 0.00680. The van der Waals surface area contributed by atoms with Crippen molar-refractivity contribution < 1.29 is 102 Å². The lowest BCUT2D eigenvalue weighted by Gasteiger charge is -2.32. The number of aliphatic hydroxyl groups is 1. The van der Waals surface area contributed by atoms with E-state index in [1.807, 2.05) is 0 Å². The number of likely N-dealkylation sites (tertiary alicyclic amines) is 3. The predicted octanol–water partition coefficient (Wildman–Crippen LogP) is -0.995. The summed E-state index contributed by atoms with van der Waals surface area (Å²) in [5.74, 6) is -8.14. The van der Waals surface area contributed by atoms with Gasteiger partial charge in [-0.25, -0.2) is 10.6 Å².